The SMILES string of the molecule is Fc1cccc(CN2CCCC(Nc3ccncn3)C2)c1. The van der Waals surface area contributed by atoms with Crippen LogP contribution < -0.4 is 5.32 Å². The summed E-state index contributed by atoms with van der Waals surface area (Å²) < 4.78 is 13.2. The summed E-state index contributed by atoms with van der Waals surface area (Å²) in [4.78, 5) is 10.5. The third-order valence-corrected chi connectivity index (χ3v) is 3.73. The van der Waals surface area contributed by atoms with Crippen LogP contribution in [0.1, 0.15) is 18.4 Å². The number of hydrogen-bond donors (Lipinski definition) is 1. The summed E-state index contributed by atoms with van der Waals surface area (Å²) in [6, 6.07) is 9.10. The molecule has 110 valence electrons. The molecule has 1 saturated heterocycles. The first-order valence-electron chi connectivity index (χ1n) is 7.29. The fourth-order valence-corrected chi connectivity index (χ4v) is 2.80. The van der Waals surface area contributed by atoms with Gasteiger partial charge >= 0.3 is 0 Å². The van der Waals surface area contributed by atoms with Crippen LogP contribution >= 0.6 is 0 Å². The molecule has 1 atom stereocenters. The first-order chi connectivity index (χ1) is 10.3. The maximum Gasteiger partial charge on any atom is 0.129 e. The predicted octanol–water partition coefficient (Wildman–Crippen LogP) is 2.69. The van der Waals surface area contributed by atoms with Crippen molar-refractivity contribution < 1.29 is 4.39 Å². The molecule has 21 heavy (non-hydrogen) atoms. The molecule has 0 amide bonds. The Labute approximate surface area is 124 Å². The molecule has 0 saturated carbocycles. The van der Waals surface area contributed by atoms with Gasteiger partial charge in [-0.3, -0.25) is 4.90 Å². The maximum atomic E-state index is 13.2. The Kier molecular flexibility index (Phi) is 4.40. The summed E-state index contributed by atoms with van der Waals surface area (Å²) in [5.74, 6) is 0.697. The van der Waals surface area contributed by atoms with Gasteiger partial charge < -0.3 is 5.32 Å². The van der Waals surface area contributed by atoms with Gasteiger partial charge in [0, 0.05) is 25.3 Å². The Balaban J connectivity index is 1.58. The molecule has 1 unspecified atom stereocenters. The lowest BCUT2D eigenvalue weighted by atomic mass is 10.0. The third-order valence-electron chi connectivity index (χ3n) is 3.73. The van der Waals surface area contributed by atoms with E-state index in [-0.39, 0.29) is 5.82 Å². The molecule has 1 aromatic carbocycles. The van der Waals surface area contributed by atoms with E-state index < -0.39 is 0 Å². The zero-order valence-corrected chi connectivity index (χ0v) is 11.9. The highest BCUT2D eigenvalue weighted by Crippen LogP contribution is 2.17. The Morgan fingerprint density at radius 3 is 3.10 bits per heavy atom. The molecule has 0 spiro atoms. The number of benzene rings is 1. The maximum absolute atomic E-state index is 13.2. The third kappa shape index (κ3) is 3.98. The second kappa shape index (κ2) is 6.63. The Bertz CT molecular complexity index is 575. The molecule has 0 radical (unpaired) electrons. The van der Waals surface area contributed by atoms with Crippen molar-refractivity contribution in [1.82, 2.24) is 14.9 Å². The van der Waals surface area contributed by atoms with Crippen molar-refractivity contribution in [1.29, 1.82) is 0 Å². The molecule has 2 aromatic rings. The standard InChI is InChI=1S/C16H19FN4/c17-14-4-1-3-13(9-14)10-21-8-2-5-15(11-21)20-16-6-7-18-12-19-16/h1,3-4,6-7,9,12,15H,2,5,8,10-11H2,(H,18,19,20). The van der Waals surface area contributed by atoms with Crippen LogP contribution in [0.5, 0.6) is 0 Å². The van der Waals surface area contributed by atoms with E-state index in [4.69, 9.17) is 0 Å². The summed E-state index contributed by atoms with van der Waals surface area (Å²) >= 11 is 0. The second-order valence-corrected chi connectivity index (χ2v) is 5.44. The molecule has 1 aliphatic heterocycles. The summed E-state index contributed by atoms with van der Waals surface area (Å²) in [6.07, 6.45) is 5.56. The lowest BCUT2D eigenvalue weighted by Crippen LogP contribution is -2.41. The van der Waals surface area contributed by atoms with Crippen LogP contribution in [0.15, 0.2) is 42.9 Å². The first-order valence-corrected chi connectivity index (χ1v) is 7.29. The van der Waals surface area contributed by atoms with Crippen LogP contribution in [-0.4, -0.2) is 34.0 Å². The molecule has 5 heteroatoms. The molecule has 0 aliphatic carbocycles. The number of aromatic nitrogens is 2. The Morgan fingerprint density at radius 1 is 1.33 bits per heavy atom. The number of piperidine rings is 1. The van der Waals surface area contributed by atoms with E-state index in [9.17, 15) is 4.39 Å². The van der Waals surface area contributed by atoms with Crippen LogP contribution in [0.4, 0.5) is 10.2 Å². The first kappa shape index (κ1) is 13.9. The lowest BCUT2D eigenvalue weighted by Gasteiger charge is -2.33. The lowest BCUT2D eigenvalue weighted by molar-refractivity contribution is 0.208. The summed E-state index contributed by atoms with van der Waals surface area (Å²) in [7, 11) is 0. The van der Waals surface area contributed by atoms with Crippen molar-refractivity contribution in [3.63, 3.8) is 0 Å². The van der Waals surface area contributed by atoms with Crippen molar-refractivity contribution in [2.24, 2.45) is 0 Å². The quantitative estimate of drug-likeness (QED) is 0.938. The Morgan fingerprint density at radius 2 is 2.29 bits per heavy atom. The molecular weight excluding hydrogens is 267 g/mol. The molecule has 0 bridgehead atoms. The molecule has 3 rings (SSSR count). The molecular formula is C16H19FN4. The van der Waals surface area contributed by atoms with E-state index >= 15 is 0 Å². The van der Waals surface area contributed by atoms with Gasteiger partial charge in [-0.25, -0.2) is 14.4 Å². The summed E-state index contributed by atoms with van der Waals surface area (Å²) in [5, 5.41) is 3.44. The highest BCUT2D eigenvalue weighted by atomic mass is 19.1. The normalized spacial score (nSPS) is 19.4. The van der Waals surface area contributed by atoms with Crippen molar-refractivity contribution in [3.05, 3.63) is 54.2 Å². The van der Waals surface area contributed by atoms with Crippen LogP contribution in [0.2, 0.25) is 0 Å². The summed E-state index contributed by atoms with van der Waals surface area (Å²) in [5.41, 5.74) is 1.03. The molecule has 1 N–H and O–H groups in total. The van der Waals surface area contributed by atoms with E-state index in [1.165, 1.54) is 6.07 Å². The zero-order valence-electron chi connectivity index (χ0n) is 11.9. The van der Waals surface area contributed by atoms with Gasteiger partial charge in [0.25, 0.3) is 0 Å². The average molecular weight is 286 g/mol. The number of nitrogens with one attached hydrogen (secondary N) is 1. The van der Waals surface area contributed by atoms with Crippen molar-refractivity contribution in [2.45, 2.75) is 25.4 Å². The number of rotatable bonds is 4. The molecule has 2 heterocycles. The average Bonchev–Trinajstić information content (AvgIpc) is 2.49. The molecule has 1 fully saturated rings. The van der Waals surface area contributed by atoms with Gasteiger partial charge in [0.05, 0.1) is 0 Å². The number of nitrogens with zero attached hydrogens (tertiary/aromatic N) is 3. The van der Waals surface area contributed by atoms with E-state index in [1.54, 1.807) is 24.7 Å². The van der Waals surface area contributed by atoms with Crippen molar-refractivity contribution in [3.8, 4) is 0 Å². The van der Waals surface area contributed by atoms with Crippen LogP contribution in [0.25, 0.3) is 0 Å². The number of halogens is 1. The van der Waals surface area contributed by atoms with Crippen molar-refractivity contribution >= 4 is 5.82 Å². The van der Waals surface area contributed by atoms with E-state index in [0.29, 0.717) is 6.04 Å². The van der Waals surface area contributed by atoms with Crippen molar-refractivity contribution in [2.75, 3.05) is 18.4 Å². The number of anilines is 1. The van der Waals surface area contributed by atoms with Gasteiger partial charge in [-0.05, 0) is 43.1 Å². The van der Waals surface area contributed by atoms with Gasteiger partial charge in [0.15, 0.2) is 0 Å². The minimum Gasteiger partial charge on any atom is -0.366 e. The highest BCUT2D eigenvalue weighted by molar-refractivity contribution is 5.33. The van der Waals surface area contributed by atoms with Crippen LogP contribution in [0.3, 0.4) is 0 Å². The summed E-state index contributed by atoms with van der Waals surface area (Å²) in [6.45, 7) is 2.79. The topological polar surface area (TPSA) is 41.0 Å². The fourth-order valence-electron chi connectivity index (χ4n) is 2.80. The zero-order chi connectivity index (χ0) is 14.5. The second-order valence-electron chi connectivity index (χ2n) is 5.44. The van der Waals surface area contributed by atoms with Crippen LogP contribution in [0, 0.1) is 5.82 Å². The molecule has 1 aromatic heterocycles. The van der Waals surface area contributed by atoms with Gasteiger partial charge in [0.1, 0.15) is 18.0 Å². The number of hydrogen-bond acceptors (Lipinski definition) is 4. The van der Waals surface area contributed by atoms with E-state index in [0.717, 1.165) is 43.9 Å². The number of likely N-dealkylation sites (tertiary alicyclic amines) is 1. The van der Waals surface area contributed by atoms with Gasteiger partial charge in [-0.15, -0.1) is 0 Å². The molecule has 4 nitrogen and oxygen atoms in total. The van der Waals surface area contributed by atoms with E-state index in [1.807, 2.05) is 12.1 Å². The largest absolute Gasteiger partial charge is 0.366 e. The van der Waals surface area contributed by atoms with Gasteiger partial charge in [0.2, 0.25) is 0 Å². The van der Waals surface area contributed by atoms with Gasteiger partial charge in [-0.1, -0.05) is 12.1 Å². The fraction of sp³-hybridized carbons (Fsp3) is 0.375. The van der Waals surface area contributed by atoms with E-state index in [2.05, 4.69) is 20.2 Å². The van der Waals surface area contributed by atoms with Crippen LogP contribution in [-0.2, 0) is 6.54 Å². The van der Waals surface area contributed by atoms with Gasteiger partial charge in [-0.2, -0.15) is 0 Å². The minimum absolute atomic E-state index is 0.167. The Hall–Kier alpha value is -2.01. The highest BCUT2D eigenvalue weighted by Gasteiger charge is 2.20. The smallest absolute Gasteiger partial charge is 0.129 e. The predicted molar refractivity (Wildman–Crippen MR) is 80.4 cm³/mol. The monoisotopic (exact) mass is 286 g/mol. The minimum atomic E-state index is -0.167. The molecule has 1 aliphatic rings.